The predicted molar refractivity (Wildman–Crippen MR) is 115 cm³/mol. The largest absolute Gasteiger partial charge is 0.462 e. The normalized spacial score (nSPS) is 30.5. The van der Waals surface area contributed by atoms with E-state index in [1.165, 1.54) is 51.4 Å². The quantitative estimate of drug-likeness (QED) is 0.274. The average Bonchev–Trinajstić information content (AvgIpc) is 2.73. The van der Waals surface area contributed by atoms with Gasteiger partial charge in [-0.25, -0.2) is 0 Å². The second-order valence-corrected chi connectivity index (χ2v) is 9.55. The topological polar surface area (TPSA) is 50.1 Å². The number of hydrogen-bond acceptors (Lipinski definition) is 3. The van der Waals surface area contributed by atoms with Gasteiger partial charge < -0.3 is 4.74 Å². The summed E-state index contributed by atoms with van der Waals surface area (Å²) in [7, 11) is 0. The summed E-state index contributed by atoms with van der Waals surface area (Å²) in [6.45, 7) is 4.44. The first-order valence-electron chi connectivity index (χ1n) is 12.2. The van der Waals surface area contributed by atoms with Crippen LogP contribution in [0.5, 0.6) is 0 Å². The SMILES string of the molecule is CCCCCCCC1CCC(OC(=O)[C@H]2CC[C@@](C#N)(CCCC)CC2)CC1. The van der Waals surface area contributed by atoms with Gasteiger partial charge in [-0.05, 0) is 63.7 Å². The molecule has 0 spiro atoms. The molecule has 160 valence electrons. The third-order valence-corrected chi connectivity index (χ3v) is 7.31. The van der Waals surface area contributed by atoms with Gasteiger partial charge in [0.15, 0.2) is 0 Å². The van der Waals surface area contributed by atoms with E-state index in [-0.39, 0.29) is 23.4 Å². The Morgan fingerprint density at radius 2 is 1.57 bits per heavy atom. The molecule has 28 heavy (non-hydrogen) atoms. The van der Waals surface area contributed by atoms with Crippen LogP contribution in [0.4, 0.5) is 0 Å². The molecule has 2 rings (SSSR count). The molecule has 0 radical (unpaired) electrons. The molecule has 0 aromatic heterocycles. The van der Waals surface area contributed by atoms with Gasteiger partial charge in [0.05, 0.1) is 17.4 Å². The van der Waals surface area contributed by atoms with Crippen LogP contribution in [0.1, 0.15) is 123 Å². The number of esters is 1. The molecule has 2 aliphatic carbocycles. The van der Waals surface area contributed by atoms with E-state index in [9.17, 15) is 10.1 Å². The number of nitriles is 1. The van der Waals surface area contributed by atoms with Gasteiger partial charge in [-0.3, -0.25) is 4.79 Å². The fraction of sp³-hybridized carbons (Fsp3) is 0.920. The van der Waals surface area contributed by atoms with Gasteiger partial charge in [-0.1, -0.05) is 65.2 Å². The lowest BCUT2D eigenvalue weighted by molar-refractivity contribution is -0.157. The van der Waals surface area contributed by atoms with Crippen LogP contribution in [0.3, 0.4) is 0 Å². The Morgan fingerprint density at radius 1 is 0.929 bits per heavy atom. The minimum absolute atomic E-state index is 0.0186. The first kappa shape index (κ1) is 23.2. The zero-order valence-electron chi connectivity index (χ0n) is 18.5. The molecule has 0 N–H and O–H groups in total. The van der Waals surface area contributed by atoms with E-state index < -0.39 is 0 Å². The number of carbonyl (C=O) groups excluding carboxylic acids is 1. The van der Waals surface area contributed by atoms with E-state index in [1.54, 1.807) is 0 Å². The maximum atomic E-state index is 12.6. The van der Waals surface area contributed by atoms with Crippen LogP contribution in [0.2, 0.25) is 0 Å². The number of unbranched alkanes of at least 4 members (excludes halogenated alkanes) is 5. The molecule has 0 aliphatic heterocycles. The molecule has 0 aromatic rings. The Labute approximate surface area is 173 Å². The van der Waals surface area contributed by atoms with Gasteiger partial charge in [0.1, 0.15) is 6.10 Å². The molecule has 2 fully saturated rings. The Balaban J connectivity index is 1.63. The molecule has 0 aromatic carbocycles. The predicted octanol–water partition coefficient (Wildman–Crippen LogP) is 7.34. The van der Waals surface area contributed by atoms with Crippen LogP contribution in [0.25, 0.3) is 0 Å². The van der Waals surface area contributed by atoms with Crippen molar-refractivity contribution in [2.45, 2.75) is 129 Å². The fourth-order valence-electron chi connectivity index (χ4n) is 5.17. The van der Waals surface area contributed by atoms with E-state index in [1.807, 2.05) is 0 Å². The molecule has 0 bridgehead atoms. The minimum atomic E-state index is -0.179. The summed E-state index contributed by atoms with van der Waals surface area (Å²) in [6, 6.07) is 2.57. The zero-order chi connectivity index (χ0) is 20.2. The number of ether oxygens (including phenoxy) is 1. The highest BCUT2D eigenvalue weighted by Crippen LogP contribution is 2.43. The van der Waals surface area contributed by atoms with Crippen LogP contribution in [-0.2, 0) is 9.53 Å². The maximum Gasteiger partial charge on any atom is 0.309 e. The van der Waals surface area contributed by atoms with Crippen LogP contribution in [0, 0.1) is 28.6 Å². The van der Waals surface area contributed by atoms with Crippen molar-refractivity contribution >= 4 is 5.97 Å². The lowest BCUT2D eigenvalue weighted by Crippen LogP contribution is -2.33. The summed E-state index contributed by atoms with van der Waals surface area (Å²) in [4.78, 5) is 12.6. The summed E-state index contributed by atoms with van der Waals surface area (Å²) in [6.07, 6.45) is 19.5. The molecule has 0 atom stereocenters. The summed E-state index contributed by atoms with van der Waals surface area (Å²) >= 11 is 0. The van der Waals surface area contributed by atoms with Gasteiger partial charge in [0, 0.05) is 0 Å². The molecule has 2 aliphatic rings. The standard InChI is InChI=1S/C25H43NO2/c1-3-5-7-8-9-10-21-11-13-23(14-12-21)28-24(27)22-15-18-25(20-26,19-16-22)17-6-4-2/h21-23H,3-19H2,1-2H3/t21?,22-,23?,25-. The average molecular weight is 390 g/mol. The van der Waals surface area contributed by atoms with Crippen molar-refractivity contribution in [1.29, 1.82) is 5.26 Å². The third kappa shape index (κ3) is 7.41. The highest BCUT2D eigenvalue weighted by atomic mass is 16.5. The molecule has 0 unspecified atom stereocenters. The zero-order valence-corrected chi connectivity index (χ0v) is 18.5. The first-order chi connectivity index (χ1) is 13.6. The van der Waals surface area contributed by atoms with Crippen molar-refractivity contribution in [1.82, 2.24) is 0 Å². The lowest BCUT2D eigenvalue weighted by Gasteiger charge is -2.35. The molecule has 3 nitrogen and oxygen atoms in total. The van der Waals surface area contributed by atoms with Crippen LogP contribution in [0.15, 0.2) is 0 Å². The van der Waals surface area contributed by atoms with Crippen molar-refractivity contribution in [3.63, 3.8) is 0 Å². The highest BCUT2D eigenvalue weighted by Gasteiger charge is 2.38. The molecule has 0 saturated heterocycles. The highest BCUT2D eigenvalue weighted by molar-refractivity contribution is 5.72. The number of nitrogens with zero attached hydrogens (tertiary/aromatic N) is 1. The molecule has 0 heterocycles. The fourth-order valence-corrected chi connectivity index (χ4v) is 5.17. The van der Waals surface area contributed by atoms with E-state index in [4.69, 9.17) is 4.74 Å². The number of carbonyl (C=O) groups is 1. The van der Waals surface area contributed by atoms with E-state index in [2.05, 4.69) is 19.9 Å². The molecular weight excluding hydrogens is 346 g/mol. The third-order valence-electron chi connectivity index (χ3n) is 7.31. The second kappa shape index (κ2) is 12.5. The Kier molecular flexibility index (Phi) is 10.4. The van der Waals surface area contributed by atoms with Gasteiger partial charge in [0.25, 0.3) is 0 Å². The van der Waals surface area contributed by atoms with Crippen LogP contribution in [-0.4, -0.2) is 12.1 Å². The van der Waals surface area contributed by atoms with Crippen molar-refractivity contribution in [3.8, 4) is 6.07 Å². The van der Waals surface area contributed by atoms with Gasteiger partial charge in [-0.2, -0.15) is 5.26 Å². The molecule has 3 heteroatoms. The summed E-state index contributed by atoms with van der Waals surface area (Å²) in [5.41, 5.74) is -0.179. The van der Waals surface area contributed by atoms with Crippen molar-refractivity contribution in [2.24, 2.45) is 17.3 Å². The van der Waals surface area contributed by atoms with E-state index in [0.29, 0.717) is 0 Å². The smallest absolute Gasteiger partial charge is 0.309 e. The van der Waals surface area contributed by atoms with Crippen molar-refractivity contribution in [3.05, 3.63) is 0 Å². The Hall–Kier alpha value is -1.04. The molecular formula is C25H43NO2. The lowest BCUT2D eigenvalue weighted by atomic mass is 9.69. The van der Waals surface area contributed by atoms with E-state index >= 15 is 0 Å². The van der Waals surface area contributed by atoms with Crippen molar-refractivity contribution in [2.75, 3.05) is 0 Å². The van der Waals surface area contributed by atoms with Crippen molar-refractivity contribution < 1.29 is 9.53 Å². The van der Waals surface area contributed by atoms with Gasteiger partial charge >= 0.3 is 5.97 Å². The second-order valence-electron chi connectivity index (χ2n) is 9.55. The van der Waals surface area contributed by atoms with E-state index in [0.717, 1.165) is 63.7 Å². The summed E-state index contributed by atoms with van der Waals surface area (Å²) in [5, 5.41) is 9.62. The first-order valence-corrected chi connectivity index (χ1v) is 12.2. The molecule has 0 amide bonds. The van der Waals surface area contributed by atoms with Crippen LogP contribution < -0.4 is 0 Å². The monoisotopic (exact) mass is 389 g/mol. The number of hydrogen-bond donors (Lipinski definition) is 0. The van der Waals surface area contributed by atoms with Gasteiger partial charge in [0.2, 0.25) is 0 Å². The maximum absolute atomic E-state index is 12.6. The van der Waals surface area contributed by atoms with Crippen LogP contribution >= 0.6 is 0 Å². The Bertz CT molecular complexity index is 479. The van der Waals surface area contributed by atoms with Gasteiger partial charge in [-0.15, -0.1) is 0 Å². The Morgan fingerprint density at radius 3 is 2.18 bits per heavy atom. The minimum Gasteiger partial charge on any atom is -0.462 e. The molecule has 2 saturated carbocycles. The number of rotatable bonds is 11. The summed E-state index contributed by atoms with van der Waals surface area (Å²) < 4.78 is 5.90. The summed E-state index contributed by atoms with van der Waals surface area (Å²) in [5.74, 6) is 0.894.